The van der Waals surface area contributed by atoms with Crippen LogP contribution in [0, 0.1) is 11.6 Å². The molecule has 51 heavy (non-hydrogen) atoms. The van der Waals surface area contributed by atoms with Gasteiger partial charge in [-0.25, -0.2) is 8.78 Å². The van der Waals surface area contributed by atoms with E-state index in [0.717, 1.165) is 54.7 Å². The molecule has 4 rings (SSSR count). The minimum atomic E-state index is -5.77. The zero-order valence-electron chi connectivity index (χ0n) is 27.4. The molecule has 9 nitrogen and oxygen atoms in total. The molecular weight excluding hydrogens is 696 g/mol. The van der Waals surface area contributed by atoms with E-state index in [1.165, 1.54) is 18.6 Å². The summed E-state index contributed by atoms with van der Waals surface area (Å²) in [5.74, 6) is -8.31. The lowest BCUT2D eigenvalue weighted by molar-refractivity contribution is -0.193. The minimum absolute atomic E-state index is 0.0555. The number of hydrogen-bond donors (Lipinski definition) is 4. The maximum absolute atomic E-state index is 13.4. The third-order valence-corrected chi connectivity index (χ3v) is 8.21. The zero-order valence-corrected chi connectivity index (χ0v) is 27.4. The van der Waals surface area contributed by atoms with Gasteiger partial charge in [0.2, 0.25) is 11.5 Å². The Morgan fingerprint density at radius 1 is 0.784 bits per heavy atom. The van der Waals surface area contributed by atoms with Crippen LogP contribution in [0.5, 0.6) is 5.75 Å². The van der Waals surface area contributed by atoms with Crippen LogP contribution in [-0.4, -0.2) is 83.6 Å². The second-order valence-electron chi connectivity index (χ2n) is 11.9. The van der Waals surface area contributed by atoms with Gasteiger partial charge in [-0.2, -0.15) is 26.3 Å². The van der Waals surface area contributed by atoms with E-state index in [-0.39, 0.29) is 23.3 Å². The topological polar surface area (TPSA) is 132 Å². The van der Waals surface area contributed by atoms with Crippen molar-refractivity contribution in [1.82, 2.24) is 20.5 Å². The number of carbonyl (C=O) groups is 3. The largest absolute Gasteiger partial charge is 0.506 e. The Bertz CT molecular complexity index is 1680. The molecule has 0 spiro atoms. The smallest absolute Gasteiger partial charge is 0.458 e. The Hall–Kier alpha value is -4.38. The molecule has 4 N–H and O–H groups in total. The minimum Gasteiger partial charge on any atom is -0.506 e. The van der Waals surface area contributed by atoms with Crippen LogP contribution in [0.4, 0.5) is 35.1 Å². The number of Topliss-reactive ketones (excluding diaryl/α,β-unsaturated/α-hetero) is 2. The predicted octanol–water partition coefficient (Wildman–Crippen LogP) is 5.28. The number of aromatic amines is 1. The number of ketones is 2. The number of phenolic OH excluding ortho intramolecular Hbond substituents is 1. The van der Waals surface area contributed by atoms with Crippen LogP contribution in [0.3, 0.4) is 0 Å². The first-order chi connectivity index (χ1) is 24.0. The molecule has 1 aromatic heterocycles. The summed E-state index contributed by atoms with van der Waals surface area (Å²) in [6.07, 6.45) is -4.29. The summed E-state index contributed by atoms with van der Waals surface area (Å²) in [5, 5.41) is 17.6. The second kappa shape index (κ2) is 18.7. The standard InChI is InChI=1S/C30H38F2N4O3.C4F6O2/c31-25-9-6-21(20-26(25)32)12-15-33-17-14-29(39)36(23-4-2-1-3-5-23)19-18-34-16-13-22-7-10-27(37)30-24(22)8-11-28(38)35-30;5-3(6,7)1(11)2(12)4(8,9)10/h6-11,20,23,33-34,37H,1-5,12-19H2,(H,35,38);. The number of phenols is 1. The van der Waals surface area contributed by atoms with E-state index in [0.29, 0.717) is 51.1 Å². The third-order valence-electron chi connectivity index (χ3n) is 8.21. The van der Waals surface area contributed by atoms with E-state index in [4.69, 9.17) is 0 Å². The van der Waals surface area contributed by atoms with Gasteiger partial charge in [0.1, 0.15) is 5.75 Å². The van der Waals surface area contributed by atoms with Crippen LogP contribution in [0.2, 0.25) is 0 Å². The molecule has 280 valence electrons. The quantitative estimate of drug-likeness (QED) is 0.101. The number of hydrogen-bond acceptors (Lipinski definition) is 7. The van der Waals surface area contributed by atoms with E-state index in [1.54, 1.807) is 18.2 Å². The number of H-pyrrole nitrogens is 1. The Kier molecular flexibility index (Phi) is 15.1. The summed E-state index contributed by atoms with van der Waals surface area (Å²) in [6.45, 7) is 3.15. The number of nitrogens with one attached hydrogen (secondary N) is 3. The molecule has 3 aromatic rings. The number of benzene rings is 2. The lowest BCUT2D eigenvalue weighted by Gasteiger charge is -2.34. The fourth-order valence-corrected chi connectivity index (χ4v) is 5.62. The van der Waals surface area contributed by atoms with Gasteiger partial charge in [0.15, 0.2) is 11.6 Å². The molecule has 0 unspecified atom stereocenters. The molecule has 2 aromatic carbocycles. The van der Waals surface area contributed by atoms with Crippen molar-refractivity contribution in [3.8, 4) is 5.75 Å². The van der Waals surface area contributed by atoms with E-state index < -0.39 is 35.6 Å². The van der Waals surface area contributed by atoms with E-state index >= 15 is 0 Å². The highest BCUT2D eigenvalue weighted by atomic mass is 19.4. The van der Waals surface area contributed by atoms with Crippen molar-refractivity contribution in [3.05, 3.63) is 75.6 Å². The Morgan fingerprint density at radius 3 is 2.04 bits per heavy atom. The van der Waals surface area contributed by atoms with Gasteiger partial charge in [-0.1, -0.05) is 31.4 Å². The molecule has 0 bridgehead atoms. The molecule has 0 aliphatic heterocycles. The summed E-state index contributed by atoms with van der Waals surface area (Å²) < 4.78 is 93.4. The van der Waals surface area contributed by atoms with Crippen LogP contribution in [0.1, 0.15) is 49.7 Å². The number of nitrogens with zero attached hydrogens (tertiary/aromatic N) is 1. The molecule has 0 radical (unpaired) electrons. The maximum atomic E-state index is 13.4. The molecule has 1 aliphatic carbocycles. The Labute approximate surface area is 287 Å². The molecular formula is C34H38F8N4O5. The van der Waals surface area contributed by atoms with Gasteiger partial charge in [-0.15, -0.1) is 0 Å². The summed E-state index contributed by atoms with van der Waals surface area (Å²) in [5.41, 5.74) is 1.95. The number of halogens is 8. The number of aromatic hydroxyl groups is 1. The van der Waals surface area contributed by atoms with Crippen LogP contribution < -0.4 is 16.2 Å². The van der Waals surface area contributed by atoms with Crippen LogP contribution >= 0.6 is 0 Å². The van der Waals surface area contributed by atoms with E-state index in [9.17, 15) is 59.4 Å². The lowest BCUT2D eigenvalue weighted by Crippen LogP contribution is -2.45. The highest BCUT2D eigenvalue weighted by Gasteiger charge is 2.54. The number of pyridine rings is 1. The first-order valence-electron chi connectivity index (χ1n) is 16.2. The molecule has 1 amide bonds. The molecule has 0 saturated heterocycles. The number of alkyl halides is 6. The number of fused-ring (bicyclic) bond motifs is 1. The van der Waals surface area contributed by atoms with Gasteiger partial charge in [-0.3, -0.25) is 19.2 Å². The predicted molar refractivity (Wildman–Crippen MR) is 171 cm³/mol. The first kappa shape index (κ1) is 41.0. The van der Waals surface area contributed by atoms with Gasteiger partial charge in [0.05, 0.1) is 5.52 Å². The van der Waals surface area contributed by atoms with Gasteiger partial charge >= 0.3 is 23.9 Å². The zero-order chi connectivity index (χ0) is 37.8. The van der Waals surface area contributed by atoms with Crippen molar-refractivity contribution in [1.29, 1.82) is 0 Å². The summed E-state index contributed by atoms with van der Waals surface area (Å²) in [6, 6.07) is 10.9. The van der Waals surface area contributed by atoms with Gasteiger partial charge in [0, 0.05) is 43.5 Å². The molecule has 17 heteroatoms. The number of aromatic nitrogens is 1. The second-order valence-corrected chi connectivity index (χ2v) is 11.9. The molecule has 1 heterocycles. The van der Waals surface area contributed by atoms with Crippen molar-refractivity contribution >= 4 is 28.4 Å². The average molecular weight is 735 g/mol. The highest BCUT2D eigenvalue weighted by molar-refractivity contribution is 6.41. The Balaban J connectivity index is 0.000000501. The van der Waals surface area contributed by atoms with E-state index in [1.807, 2.05) is 11.0 Å². The van der Waals surface area contributed by atoms with Crippen LogP contribution in [0.15, 0.2) is 47.3 Å². The van der Waals surface area contributed by atoms with Crippen molar-refractivity contribution in [2.45, 2.75) is 69.8 Å². The average Bonchev–Trinajstić information content (AvgIpc) is 3.08. The molecule has 1 saturated carbocycles. The first-order valence-corrected chi connectivity index (χ1v) is 16.2. The highest BCUT2D eigenvalue weighted by Crippen LogP contribution is 2.26. The summed E-state index contributed by atoms with van der Waals surface area (Å²) >= 11 is 0. The number of amides is 1. The van der Waals surface area contributed by atoms with Crippen molar-refractivity contribution in [2.75, 3.05) is 32.7 Å². The van der Waals surface area contributed by atoms with E-state index in [2.05, 4.69) is 15.6 Å². The number of carbonyl (C=O) groups excluding carboxylic acids is 3. The normalized spacial score (nSPS) is 13.8. The van der Waals surface area contributed by atoms with Crippen molar-refractivity contribution in [3.63, 3.8) is 0 Å². The molecule has 0 atom stereocenters. The lowest BCUT2D eigenvalue weighted by atomic mass is 9.94. The SMILES string of the molecule is O=C(C(=O)C(F)(F)F)C(F)(F)F.O=C(CCNCCc1ccc(F)c(F)c1)N(CCNCCc1ccc(O)c2[nH]c(=O)ccc12)C1CCCCC1. The molecule has 1 fully saturated rings. The molecule has 1 aliphatic rings. The fraction of sp³-hybridized carbons (Fsp3) is 0.471. The fourth-order valence-electron chi connectivity index (χ4n) is 5.62. The van der Waals surface area contributed by atoms with Crippen LogP contribution in [0.25, 0.3) is 10.9 Å². The summed E-state index contributed by atoms with van der Waals surface area (Å²) in [7, 11) is 0. The number of rotatable bonds is 14. The van der Waals surface area contributed by atoms with Gasteiger partial charge < -0.3 is 25.6 Å². The van der Waals surface area contributed by atoms with Gasteiger partial charge in [0.25, 0.3) is 0 Å². The van der Waals surface area contributed by atoms with Crippen molar-refractivity contribution < 1.29 is 54.6 Å². The Morgan fingerprint density at radius 2 is 1.41 bits per heavy atom. The third kappa shape index (κ3) is 12.7. The van der Waals surface area contributed by atoms with Crippen molar-refractivity contribution in [2.24, 2.45) is 0 Å². The summed E-state index contributed by atoms with van der Waals surface area (Å²) in [4.78, 5) is 48.8. The monoisotopic (exact) mass is 734 g/mol. The maximum Gasteiger partial charge on any atom is 0.458 e. The van der Waals surface area contributed by atoms with Crippen LogP contribution in [-0.2, 0) is 27.2 Å². The van der Waals surface area contributed by atoms with Gasteiger partial charge in [-0.05, 0) is 74.2 Å².